The summed E-state index contributed by atoms with van der Waals surface area (Å²) < 4.78 is 37.0. The molecular formula is C32H32Cl2F2N4O3S. The molecular weight excluding hydrogens is 629 g/mol. The van der Waals surface area contributed by atoms with Crippen molar-refractivity contribution in [3.05, 3.63) is 63.0 Å². The van der Waals surface area contributed by atoms with E-state index >= 15 is 4.39 Å². The number of hydrogen-bond donors (Lipinski definition) is 0. The highest BCUT2D eigenvalue weighted by atomic mass is 35.5. The van der Waals surface area contributed by atoms with Gasteiger partial charge in [0.25, 0.3) is 0 Å². The molecule has 7 rings (SSSR count). The van der Waals surface area contributed by atoms with Crippen LogP contribution in [0.2, 0.25) is 10.0 Å². The van der Waals surface area contributed by atoms with Gasteiger partial charge in [0, 0.05) is 70.9 Å². The maximum Gasteiger partial charge on any atom is 0.350 e. The van der Waals surface area contributed by atoms with Crippen molar-refractivity contribution in [1.82, 2.24) is 14.5 Å². The molecule has 1 unspecified atom stereocenters. The van der Waals surface area contributed by atoms with E-state index in [1.165, 1.54) is 23.9 Å². The quantitative estimate of drug-likeness (QED) is 0.225. The van der Waals surface area contributed by atoms with Gasteiger partial charge in [-0.25, -0.2) is 13.6 Å². The number of rotatable bonds is 6. The molecule has 0 N–H and O–H groups in total. The zero-order valence-electron chi connectivity index (χ0n) is 24.4. The van der Waals surface area contributed by atoms with E-state index in [1.54, 1.807) is 10.6 Å². The Labute approximate surface area is 268 Å². The van der Waals surface area contributed by atoms with Crippen molar-refractivity contribution in [3.63, 3.8) is 0 Å². The Kier molecular flexibility index (Phi) is 7.81. The van der Waals surface area contributed by atoms with E-state index in [4.69, 9.17) is 27.9 Å². The molecule has 3 aromatic rings. The highest BCUT2D eigenvalue weighted by molar-refractivity contribution is 7.99. The van der Waals surface area contributed by atoms with Crippen LogP contribution in [0.25, 0.3) is 22.0 Å². The van der Waals surface area contributed by atoms with Crippen LogP contribution in [-0.4, -0.2) is 70.4 Å². The fourth-order valence-electron chi connectivity index (χ4n) is 7.54. The molecule has 0 spiro atoms. The number of aromatic nitrogens is 2. The standard InChI is InChI=1S/C32H32Cl2F2N4O3S/c1-4-27(41)20-5-16(3)39(10-15(20)2)31-22-8-24(34)28(21-7-23(33)26(36)9-25(21)35)30-29(22)40(32(42)37-31)18(14-44-30)11-38-12-19-6-17(38)13-43-19/h4,7-9,15-20H,1,5-6,10-14H2,2-3H3/t15-,16+,17+,18+,19+,20?/m1/s1. The van der Waals surface area contributed by atoms with Gasteiger partial charge in [0.1, 0.15) is 17.5 Å². The number of likely N-dealkylation sites (tertiary alicyclic amines) is 1. The van der Waals surface area contributed by atoms with Crippen molar-refractivity contribution >= 4 is 57.5 Å². The number of ether oxygens (including phenoxy) is 1. The van der Waals surface area contributed by atoms with Crippen LogP contribution in [-0.2, 0) is 9.53 Å². The number of fused-ring (bicyclic) bond motifs is 2. The molecule has 3 saturated heterocycles. The van der Waals surface area contributed by atoms with Gasteiger partial charge in [0.05, 0.1) is 34.3 Å². The van der Waals surface area contributed by atoms with Gasteiger partial charge in [-0.05, 0) is 43.9 Å². The zero-order chi connectivity index (χ0) is 31.0. The van der Waals surface area contributed by atoms with E-state index in [-0.39, 0.29) is 51.4 Å². The number of nitrogens with zero attached hydrogens (tertiary/aromatic N) is 4. The molecule has 0 amide bonds. The monoisotopic (exact) mass is 660 g/mol. The van der Waals surface area contributed by atoms with E-state index < -0.39 is 17.3 Å². The molecule has 232 valence electrons. The molecule has 0 aliphatic carbocycles. The normalized spacial score (nSPS) is 28.2. The third-order valence-electron chi connectivity index (χ3n) is 9.76. The first kappa shape index (κ1) is 30.2. The Morgan fingerprint density at radius 3 is 2.66 bits per heavy atom. The van der Waals surface area contributed by atoms with E-state index in [0.29, 0.717) is 65.1 Å². The highest BCUT2D eigenvalue weighted by Gasteiger charge is 2.42. The van der Waals surface area contributed by atoms with Crippen LogP contribution in [0.5, 0.6) is 0 Å². The van der Waals surface area contributed by atoms with E-state index in [2.05, 4.69) is 21.4 Å². The molecule has 2 aromatic carbocycles. The van der Waals surface area contributed by atoms with Gasteiger partial charge in [-0.1, -0.05) is 36.7 Å². The van der Waals surface area contributed by atoms with Crippen molar-refractivity contribution in [1.29, 1.82) is 0 Å². The number of piperidine rings is 1. The largest absolute Gasteiger partial charge is 0.375 e. The van der Waals surface area contributed by atoms with Crippen LogP contribution in [0.1, 0.15) is 32.7 Å². The van der Waals surface area contributed by atoms with Gasteiger partial charge in [0.15, 0.2) is 5.78 Å². The Morgan fingerprint density at radius 2 is 1.95 bits per heavy atom. The molecule has 4 aliphatic rings. The van der Waals surface area contributed by atoms with Crippen molar-refractivity contribution in [3.8, 4) is 11.1 Å². The maximum absolute atomic E-state index is 15.3. The van der Waals surface area contributed by atoms with Crippen LogP contribution in [0.15, 0.2) is 40.5 Å². The molecule has 6 atom stereocenters. The second-order valence-electron chi connectivity index (χ2n) is 12.5. The minimum atomic E-state index is -0.861. The fourth-order valence-corrected chi connectivity index (χ4v) is 9.39. The number of carbonyl (C=O) groups excluding carboxylic acids is 1. The van der Waals surface area contributed by atoms with Gasteiger partial charge in [-0.3, -0.25) is 14.3 Å². The SMILES string of the molecule is C=CC(=O)C1C[C@H](C)N(c2nc(=O)n3c4c(c(-c5cc(Cl)c(F)cc5F)c(Cl)cc24)SC[C@@H]3CN2C[C@@H]3C[C@H]2CO3)C[C@H]1C. The second-order valence-corrected chi connectivity index (χ2v) is 14.3. The molecule has 3 fully saturated rings. The van der Waals surface area contributed by atoms with Crippen molar-refractivity contribution in [2.75, 3.05) is 36.9 Å². The van der Waals surface area contributed by atoms with Crippen LogP contribution >= 0.6 is 35.0 Å². The highest BCUT2D eigenvalue weighted by Crippen LogP contribution is 2.49. The average Bonchev–Trinajstić information content (AvgIpc) is 3.62. The lowest BCUT2D eigenvalue weighted by molar-refractivity contribution is -0.120. The number of allylic oxidation sites excluding steroid dienone is 1. The van der Waals surface area contributed by atoms with E-state index in [0.717, 1.165) is 19.0 Å². The van der Waals surface area contributed by atoms with Crippen LogP contribution in [0.3, 0.4) is 0 Å². The zero-order valence-corrected chi connectivity index (χ0v) is 26.7. The number of benzene rings is 2. The summed E-state index contributed by atoms with van der Waals surface area (Å²) in [5.41, 5.74) is 0.680. The summed E-state index contributed by atoms with van der Waals surface area (Å²) in [4.78, 5) is 36.5. The first-order valence-corrected chi connectivity index (χ1v) is 16.6. The minimum Gasteiger partial charge on any atom is -0.375 e. The van der Waals surface area contributed by atoms with Gasteiger partial charge < -0.3 is 9.64 Å². The third-order valence-corrected chi connectivity index (χ3v) is 11.6. The number of anilines is 1. The molecule has 0 radical (unpaired) electrons. The smallest absolute Gasteiger partial charge is 0.350 e. The maximum atomic E-state index is 15.3. The predicted molar refractivity (Wildman–Crippen MR) is 170 cm³/mol. The lowest BCUT2D eigenvalue weighted by atomic mass is 9.80. The summed E-state index contributed by atoms with van der Waals surface area (Å²) in [6, 6.07) is 3.79. The van der Waals surface area contributed by atoms with Crippen LogP contribution in [0, 0.1) is 23.5 Å². The Bertz CT molecular complexity index is 1770. The molecule has 5 heterocycles. The van der Waals surface area contributed by atoms with Crippen molar-refractivity contribution in [2.45, 2.75) is 55.8 Å². The van der Waals surface area contributed by atoms with Crippen molar-refractivity contribution in [2.24, 2.45) is 11.8 Å². The number of morpholine rings is 1. The number of carbonyl (C=O) groups is 1. The molecule has 7 nitrogen and oxygen atoms in total. The summed E-state index contributed by atoms with van der Waals surface area (Å²) in [5.74, 6) is -0.761. The lowest BCUT2D eigenvalue weighted by Gasteiger charge is -2.42. The third kappa shape index (κ3) is 4.88. The number of halogens is 4. The molecule has 2 bridgehead atoms. The van der Waals surface area contributed by atoms with Crippen LogP contribution < -0.4 is 10.6 Å². The van der Waals surface area contributed by atoms with Crippen LogP contribution in [0.4, 0.5) is 14.6 Å². The molecule has 44 heavy (non-hydrogen) atoms. The summed E-state index contributed by atoms with van der Waals surface area (Å²) in [6.07, 6.45) is 3.18. The fraction of sp³-hybridized carbons (Fsp3) is 0.469. The predicted octanol–water partition coefficient (Wildman–Crippen LogP) is 6.37. The topological polar surface area (TPSA) is 67.7 Å². The summed E-state index contributed by atoms with van der Waals surface area (Å²) in [6.45, 7) is 10.4. The average molecular weight is 662 g/mol. The van der Waals surface area contributed by atoms with Crippen molar-refractivity contribution < 1.29 is 18.3 Å². The Morgan fingerprint density at radius 1 is 1.16 bits per heavy atom. The number of thioether (sulfide) groups is 1. The van der Waals surface area contributed by atoms with E-state index in [9.17, 15) is 14.0 Å². The first-order valence-electron chi connectivity index (χ1n) is 14.9. The second kappa shape index (κ2) is 11.4. The number of ketones is 1. The first-order chi connectivity index (χ1) is 21.0. The summed E-state index contributed by atoms with van der Waals surface area (Å²) >= 11 is 14.6. The Hall–Kier alpha value is -2.50. The van der Waals surface area contributed by atoms with Gasteiger partial charge in [-0.15, -0.1) is 11.8 Å². The van der Waals surface area contributed by atoms with E-state index in [1.807, 2.05) is 13.8 Å². The minimum absolute atomic E-state index is 0.00323. The van der Waals surface area contributed by atoms with Gasteiger partial charge >= 0.3 is 5.69 Å². The molecule has 1 aromatic heterocycles. The number of hydrogen-bond acceptors (Lipinski definition) is 7. The van der Waals surface area contributed by atoms with Gasteiger partial charge in [-0.2, -0.15) is 4.98 Å². The molecule has 0 saturated carbocycles. The summed E-state index contributed by atoms with van der Waals surface area (Å²) in [7, 11) is 0. The molecule has 4 aliphatic heterocycles. The van der Waals surface area contributed by atoms with Gasteiger partial charge in [0.2, 0.25) is 0 Å². The lowest BCUT2D eigenvalue weighted by Crippen LogP contribution is -2.49. The Balaban J connectivity index is 1.41. The summed E-state index contributed by atoms with van der Waals surface area (Å²) in [5, 5.41) is 0.708. The molecule has 12 heteroatoms.